The molecule has 2 fully saturated rings. The topological polar surface area (TPSA) is 52.7 Å². The number of likely N-dealkylation sites (tertiary alicyclic amines) is 1. The summed E-state index contributed by atoms with van der Waals surface area (Å²) in [5.74, 6) is 0.153. The van der Waals surface area contributed by atoms with Gasteiger partial charge in [0.25, 0.3) is 0 Å². The third-order valence-corrected chi connectivity index (χ3v) is 5.22. The van der Waals surface area contributed by atoms with Crippen LogP contribution < -0.4 is 10.2 Å². The first-order valence-electron chi connectivity index (χ1n) is 9.16. The second-order valence-corrected chi connectivity index (χ2v) is 7.04. The lowest BCUT2D eigenvalue weighted by Crippen LogP contribution is -2.43. The lowest BCUT2D eigenvalue weighted by molar-refractivity contribution is -0.122. The first-order valence-corrected chi connectivity index (χ1v) is 9.16. The van der Waals surface area contributed by atoms with Crippen molar-refractivity contribution in [3.05, 3.63) is 59.7 Å². The van der Waals surface area contributed by atoms with E-state index in [1.165, 1.54) is 11.1 Å². The van der Waals surface area contributed by atoms with Crippen LogP contribution in [0.3, 0.4) is 0 Å². The maximum absolute atomic E-state index is 12.8. The highest BCUT2D eigenvalue weighted by molar-refractivity contribution is 5.99. The van der Waals surface area contributed by atoms with Gasteiger partial charge in [-0.2, -0.15) is 0 Å². The van der Waals surface area contributed by atoms with Crippen LogP contribution in [0.1, 0.15) is 36.4 Å². The Kier molecular flexibility index (Phi) is 4.37. The molecule has 26 heavy (non-hydrogen) atoms. The number of carbonyl (C=O) groups is 2. The normalized spacial score (nSPS) is 19.4. The summed E-state index contributed by atoms with van der Waals surface area (Å²) in [7, 11) is 0. The molecule has 4 rings (SSSR count). The molecular formula is C21H23N3O2. The van der Waals surface area contributed by atoms with E-state index >= 15 is 0 Å². The van der Waals surface area contributed by atoms with Crippen molar-refractivity contribution in [2.45, 2.75) is 32.2 Å². The summed E-state index contributed by atoms with van der Waals surface area (Å²) in [6.45, 7) is 3.62. The van der Waals surface area contributed by atoms with Gasteiger partial charge in [0.05, 0.1) is 6.04 Å². The van der Waals surface area contributed by atoms with Crippen molar-refractivity contribution in [2.75, 3.05) is 23.3 Å². The molecule has 2 aromatic carbocycles. The van der Waals surface area contributed by atoms with Crippen molar-refractivity contribution in [3.63, 3.8) is 0 Å². The number of carbonyl (C=O) groups excluding carboxylic acids is 2. The molecule has 0 bridgehead atoms. The molecule has 0 spiro atoms. The Morgan fingerprint density at radius 2 is 1.92 bits per heavy atom. The largest absolute Gasteiger partial charge is 0.322 e. The molecular weight excluding hydrogens is 326 g/mol. The number of urea groups is 1. The number of amides is 3. The highest BCUT2D eigenvalue weighted by atomic mass is 16.2. The number of hydrogen-bond acceptors (Lipinski definition) is 2. The summed E-state index contributed by atoms with van der Waals surface area (Å²) < 4.78 is 0. The molecule has 0 aromatic heterocycles. The molecule has 1 atom stereocenters. The van der Waals surface area contributed by atoms with Gasteiger partial charge in [-0.05, 0) is 49.6 Å². The van der Waals surface area contributed by atoms with Gasteiger partial charge < -0.3 is 15.1 Å². The molecule has 0 unspecified atom stereocenters. The molecule has 2 aliphatic rings. The van der Waals surface area contributed by atoms with E-state index in [1.54, 1.807) is 4.90 Å². The van der Waals surface area contributed by atoms with E-state index in [2.05, 4.69) is 36.5 Å². The van der Waals surface area contributed by atoms with Crippen LogP contribution in [-0.2, 0) is 4.79 Å². The molecule has 3 amide bonds. The van der Waals surface area contributed by atoms with E-state index in [9.17, 15) is 9.59 Å². The fourth-order valence-electron chi connectivity index (χ4n) is 3.74. The quantitative estimate of drug-likeness (QED) is 0.848. The standard InChI is InChI=1S/C21H23N3O2/c1-15-4-2-5-16(14-15)19-6-3-12-24(19)21(26)22-17-7-9-18(10-8-17)23-13-11-20(23)25/h2,4-5,7-10,14,19H,3,6,11-13H2,1H3,(H,22,26)/t19-/m0/s1. The van der Waals surface area contributed by atoms with Crippen LogP contribution in [0.15, 0.2) is 48.5 Å². The Morgan fingerprint density at radius 3 is 2.58 bits per heavy atom. The van der Waals surface area contributed by atoms with Crippen LogP contribution in [0.2, 0.25) is 0 Å². The van der Waals surface area contributed by atoms with Crippen LogP contribution in [0.25, 0.3) is 0 Å². The minimum atomic E-state index is -0.0678. The molecule has 0 saturated carbocycles. The Labute approximate surface area is 153 Å². The average Bonchev–Trinajstić information content (AvgIpc) is 3.12. The van der Waals surface area contributed by atoms with E-state index in [0.717, 1.165) is 37.3 Å². The molecule has 0 aliphatic carbocycles. The number of nitrogens with one attached hydrogen (secondary N) is 1. The minimum absolute atomic E-state index is 0.0678. The number of hydrogen-bond donors (Lipinski definition) is 1. The van der Waals surface area contributed by atoms with Gasteiger partial charge in [0.15, 0.2) is 0 Å². The first-order chi connectivity index (χ1) is 12.6. The zero-order chi connectivity index (χ0) is 18.1. The molecule has 1 N–H and O–H groups in total. The van der Waals surface area contributed by atoms with Crippen LogP contribution in [-0.4, -0.2) is 29.9 Å². The number of nitrogens with zero attached hydrogens (tertiary/aromatic N) is 2. The second kappa shape index (κ2) is 6.83. The van der Waals surface area contributed by atoms with Crippen molar-refractivity contribution < 1.29 is 9.59 Å². The Morgan fingerprint density at radius 1 is 1.12 bits per heavy atom. The zero-order valence-corrected chi connectivity index (χ0v) is 14.9. The maximum atomic E-state index is 12.8. The summed E-state index contributed by atoms with van der Waals surface area (Å²) in [6, 6.07) is 15.9. The summed E-state index contributed by atoms with van der Waals surface area (Å²) in [6.07, 6.45) is 2.63. The van der Waals surface area contributed by atoms with Gasteiger partial charge in [-0.3, -0.25) is 4.79 Å². The van der Waals surface area contributed by atoms with Crippen molar-refractivity contribution in [1.29, 1.82) is 0 Å². The van der Waals surface area contributed by atoms with Gasteiger partial charge in [0, 0.05) is 30.9 Å². The zero-order valence-electron chi connectivity index (χ0n) is 14.9. The molecule has 0 radical (unpaired) electrons. The smallest absolute Gasteiger partial charge is 0.317 e. The summed E-state index contributed by atoms with van der Waals surface area (Å²) >= 11 is 0. The van der Waals surface area contributed by atoms with Crippen molar-refractivity contribution in [3.8, 4) is 0 Å². The lowest BCUT2D eigenvalue weighted by Gasteiger charge is -2.30. The molecule has 2 aliphatic heterocycles. The summed E-state index contributed by atoms with van der Waals surface area (Å²) in [4.78, 5) is 28.0. The predicted molar refractivity (Wildman–Crippen MR) is 102 cm³/mol. The van der Waals surface area contributed by atoms with E-state index in [4.69, 9.17) is 0 Å². The third kappa shape index (κ3) is 3.17. The summed E-state index contributed by atoms with van der Waals surface area (Å²) in [5.41, 5.74) is 4.05. The number of rotatable bonds is 3. The molecule has 134 valence electrons. The molecule has 2 saturated heterocycles. The van der Waals surface area contributed by atoms with Gasteiger partial charge in [0.1, 0.15) is 0 Å². The van der Waals surface area contributed by atoms with Crippen LogP contribution in [0.4, 0.5) is 16.2 Å². The molecule has 5 heteroatoms. The van der Waals surface area contributed by atoms with Crippen molar-refractivity contribution in [1.82, 2.24) is 4.90 Å². The van der Waals surface area contributed by atoms with Crippen molar-refractivity contribution in [2.24, 2.45) is 0 Å². The highest BCUT2D eigenvalue weighted by Crippen LogP contribution is 2.33. The van der Waals surface area contributed by atoms with Crippen molar-refractivity contribution >= 4 is 23.3 Å². The molecule has 5 nitrogen and oxygen atoms in total. The van der Waals surface area contributed by atoms with E-state index in [0.29, 0.717) is 6.42 Å². The first kappa shape index (κ1) is 16.6. The number of aryl methyl sites for hydroxylation is 1. The van der Waals surface area contributed by atoms with Gasteiger partial charge in [-0.15, -0.1) is 0 Å². The second-order valence-electron chi connectivity index (χ2n) is 7.04. The van der Waals surface area contributed by atoms with Crippen LogP contribution >= 0.6 is 0 Å². The number of anilines is 2. The van der Waals surface area contributed by atoms with Gasteiger partial charge in [0.2, 0.25) is 5.91 Å². The maximum Gasteiger partial charge on any atom is 0.322 e. The Balaban J connectivity index is 1.44. The van der Waals surface area contributed by atoms with Crippen LogP contribution in [0.5, 0.6) is 0 Å². The summed E-state index contributed by atoms with van der Waals surface area (Å²) in [5, 5.41) is 3.00. The minimum Gasteiger partial charge on any atom is -0.317 e. The fourth-order valence-corrected chi connectivity index (χ4v) is 3.74. The number of β-lactam (4-membered cyclic amide) rings is 1. The fraction of sp³-hybridized carbons (Fsp3) is 0.333. The van der Waals surface area contributed by atoms with Gasteiger partial charge >= 0.3 is 6.03 Å². The van der Waals surface area contributed by atoms with Crippen LogP contribution in [0, 0.1) is 6.92 Å². The lowest BCUT2D eigenvalue weighted by atomic mass is 10.0. The van der Waals surface area contributed by atoms with Gasteiger partial charge in [-0.1, -0.05) is 29.8 Å². The third-order valence-electron chi connectivity index (χ3n) is 5.22. The SMILES string of the molecule is Cc1cccc([C@@H]2CCCN2C(=O)Nc2ccc(N3CCC3=O)cc2)c1. The van der Waals surface area contributed by atoms with E-state index in [1.807, 2.05) is 29.2 Å². The van der Waals surface area contributed by atoms with E-state index in [-0.39, 0.29) is 18.0 Å². The molecule has 2 aromatic rings. The molecule has 2 heterocycles. The highest BCUT2D eigenvalue weighted by Gasteiger charge is 2.30. The van der Waals surface area contributed by atoms with E-state index < -0.39 is 0 Å². The average molecular weight is 349 g/mol. The Hall–Kier alpha value is -2.82. The number of benzene rings is 2. The van der Waals surface area contributed by atoms with Gasteiger partial charge in [-0.25, -0.2) is 4.79 Å². The Bertz CT molecular complexity index is 831. The predicted octanol–water partition coefficient (Wildman–Crippen LogP) is 4.10. The monoisotopic (exact) mass is 349 g/mol.